The highest BCUT2D eigenvalue weighted by Gasteiger charge is 2.14. The van der Waals surface area contributed by atoms with Crippen molar-refractivity contribution in [1.29, 1.82) is 0 Å². The molecule has 0 saturated heterocycles. The van der Waals surface area contributed by atoms with Crippen LogP contribution in [0.25, 0.3) is 0 Å². The predicted octanol–water partition coefficient (Wildman–Crippen LogP) is -1.31. The van der Waals surface area contributed by atoms with Crippen molar-refractivity contribution in [3.63, 3.8) is 0 Å². The number of hydrogen-bond donors (Lipinski definition) is 4. The molecule has 8 N–H and O–H groups in total. The maximum atomic E-state index is 5.57. The molecule has 10 heavy (non-hydrogen) atoms. The SMILES string of the molecule is NCCCCC(N)(N)CN. The van der Waals surface area contributed by atoms with Gasteiger partial charge in [0.15, 0.2) is 0 Å². The summed E-state index contributed by atoms with van der Waals surface area (Å²) in [5, 5.41) is 0. The van der Waals surface area contributed by atoms with Crippen LogP contribution in [0.4, 0.5) is 0 Å². The molecule has 0 radical (unpaired) electrons. The van der Waals surface area contributed by atoms with Gasteiger partial charge in [0.2, 0.25) is 0 Å². The van der Waals surface area contributed by atoms with Gasteiger partial charge < -0.3 is 22.9 Å². The van der Waals surface area contributed by atoms with E-state index >= 15 is 0 Å². The molecule has 0 fully saturated rings. The van der Waals surface area contributed by atoms with Crippen LogP contribution in [0, 0.1) is 0 Å². The first-order valence-electron chi connectivity index (χ1n) is 3.60. The van der Waals surface area contributed by atoms with Crippen molar-refractivity contribution in [3.05, 3.63) is 0 Å². The highest BCUT2D eigenvalue weighted by atomic mass is 15.0. The van der Waals surface area contributed by atoms with E-state index in [1.807, 2.05) is 0 Å². The molecule has 0 aliphatic heterocycles. The van der Waals surface area contributed by atoms with Crippen LogP contribution in [0.1, 0.15) is 19.3 Å². The summed E-state index contributed by atoms with van der Waals surface area (Å²) >= 11 is 0. The van der Waals surface area contributed by atoms with Gasteiger partial charge in [0, 0.05) is 6.54 Å². The smallest absolute Gasteiger partial charge is 0.0762 e. The Balaban J connectivity index is 3.28. The largest absolute Gasteiger partial charge is 0.330 e. The summed E-state index contributed by atoms with van der Waals surface area (Å²) in [6, 6.07) is 0. The lowest BCUT2D eigenvalue weighted by atomic mass is 10.1. The van der Waals surface area contributed by atoms with Crippen LogP contribution in [0.3, 0.4) is 0 Å². The van der Waals surface area contributed by atoms with Crippen molar-refractivity contribution in [2.75, 3.05) is 13.1 Å². The molecular formula is C6H18N4. The van der Waals surface area contributed by atoms with E-state index in [2.05, 4.69) is 0 Å². The first kappa shape index (κ1) is 9.84. The molecule has 0 aliphatic carbocycles. The zero-order chi connectivity index (χ0) is 8.04. The second-order valence-corrected chi connectivity index (χ2v) is 2.68. The third kappa shape index (κ3) is 4.69. The Morgan fingerprint density at radius 3 is 2.00 bits per heavy atom. The van der Waals surface area contributed by atoms with Crippen molar-refractivity contribution < 1.29 is 0 Å². The third-order valence-electron chi connectivity index (χ3n) is 1.48. The predicted molar refractivity (Wildman–Crippen MR) is 43.1 cm³/mol. The molecule has 4 nitrogen and oxygen atoms in total. The van der Waals surface area contributed by atoms with Gasteiger partial charge in [-0.05, 0) is 25.8 Å². The molecule has 0 aliphatic rings. The van der Waals surface area contributed by atoms with Crippen LogP contribution in [-0.4, -0.2) is 18.8 Å². The molecular weight excluding hydrogens is 128 g/mol. The number of nitrogens with two attached hydrogens (primary N) is 4. The summed E-state index contributed by atoms with van der Waals surface area (Å²) in [6.07, 6.45) is 2.68. The van der Waals surface area contributed by atoms with E-state index in [1.54, 1.807) is 0 Å². The first-order chi connectivity index (χ1) is 4.62. The van der Waals surface area contributed by atoms with Gasteiger partial charge in [0.1, 0.15) is 0 Å². The summed E-state index contributed by atoms with van der Waals surface area (Å²) in [7, 11) is 0. The van der Waals surface area contributed by atoms with Crippen molar-refractivity contribution in [2.45, 2.75) is 24.9 Å². The standard InChI is InChI=1S/C6H18N4/c7-4-2-1-3-6(9,10)5-8/h1-5,7-10H2. The molecule has 0 heterocycles. The van der Waals surface area contributed by atoms with Crippen molar-refractivity contribution in [1.82, 2.24) is 0 Å². The second kappa shape index (κ2) is 4.62. The minimum Gasteiger partial charge on any atom is -0.330 e. The molecule has 0 amide bonds. The Morgan fingerprint density at radius 2 is 1.60 bits per heavy atom. The fourth-order valence-electron chi connectivity index (χ4n) is 0.701. The quantitative estimate of drug-likeness (QED) is 0.285. The van der Waals surface area contributed by atoms with Gasteiger partial charge >= 0.3 is 0 Å². The fraction of sp³-hybridized carbons (Fsp3) is 1.00. The van der Waals surface area contributed by atoms with Gasteiger partial charge in [-0.15, -0.1) is 0 Å². The van der Waals surface area contributed by atoms with E-state index in [4.69, 9.17) is 22.9 Å². The Hall–Kier alpha value is -0.160. The van der Waals surface area contributed by atoms with Gasteiger partial charge in [0.25, 0.3) is 0 Å². The van der Waals surface area contributed by atoms with Crippen molar-refractivity contribution in [3.8, 4) is 0 Å². The fourth-order valence-corrected chi connectivity index (χ4v) is 0.701. The summed E-state index contributed by atoms with van der Waals surface area (Å²) in [6.45, 7) is 1.03. The summed E-state index contributed by atoms with van der Waals surface area (Å²) in [5.41, 5.74) is 21.0. The van der Waals surface area contributed by atoms with E-state index in [0.29, 0.717) is 13.1 Å². The maximum absolute atomic E-state index is 5.57. The van der Waals surface area contributed by atoms with Gasteiger partial charge in [0.05, 0.1) is 5.66 Å². The van der Waals surface area contributed by atoms with E-state index in [-0.39, 0.29) is 0 Å². The molecule has 0 aromatic carbocycles. The van der Waals surface area contributed by atoms with Crippen LogP contribution < -0.4 is 22.9 Å². The zero-order valence-electron chi connectivity index (χ0n) is 6.34. The van der Waals surface area contributed by atoms with Gasteiger partial charge in [-0.25, -0.2) is 0 Å². The molecule has 0 spiro atoms. The Bertz CT molecular complexity index is 81.8. The van der Waals surface area contributed by atoms with E-state index in [9.17, 15) is 0 Å². The lowest BCUT2D eigenvalue weighted by Crippen LogP contribution is -2.55. The Kier molecular flexibility index (Phi) is 4.55. The van der Waals surface area contributed by atoms with Gasteiger partial charge in [-0.1, -0.05) is 0 Å². The van der Waals surface area contributed by atoms with Gasteiger partial charge in [-0.2, -0.15) is 0 Å². The van der Waals surface area contributed by atoms with Gasteiger partial charge in [-0.3, -0.25) is 0 Å². The van der Waals surface area contributed by atoms with Crippen LogP contribution in [0.2, 0.25) is 0 Å². The lowest BCUT2D eigenvalue weighted by molar-refractivity contribution is 0.402. The molecule has 0 atom stereocenters. The average Bonchev–Trinajstić information content (AvgIpc) is 1.89. The molecule has 0 bridgehead atoms. The second-order valence-electron chi connectivity index (χ2n) is 2.68. The third-order valence-corrected chi connectivity index (χ3v) is 1.48. The van der Waals surface area contributed by atoms with Crippen molar-refractivity contribution in [2.24, 2.45) is 22.9 Å². The molecule has 0 rings (SSSR count). The van der Waals surface area contributed by atoms with Crippen LogP contribution in [0.15, 0.2) is 0 Å². The molecule has 0 unspecified atom stereocenters. The molecule has 0 saturated carbocycles. The molecule has 0 aromatic heterocycles. The summed E-state index contributed by atoms with van der Waals surface area (Å²) in [5.74, 6) is 0. The van der Waals surface area contributed by atoms with Crippen LogP contribution in [-0.2, 0) is 0 Å². The first-order valence-corrected chi connectivity index (χ1v) is 3.60. The number of rotatable bonds is 5. The average molecular weight is 146 g/mol. The topological polar surface area (TPSA) is 104 Å². The summed E-state index contributed by atoms with van der Waals surface area (Å²) in [4.78, 5) is 0. The number of unbranched alkanes of at least 4 members (excludes halogenated alkanes) is 1. The Labute approximate surface area is 61.9 Å². The number of hydrogen-bond acceptors (Lipinski definition) is 4. The highest BCUT2D eigenvalue weighted by molar-refractivity contribution is 4.76. The van der Waals surface area contributed by atoms with E-state index < -0.39 is 5.66 Å². The van der Waals surface area contributed by atoms with Crippen molar-refractivity contribution >= 4 is 0 Å². The zero-order valence-corrected chi connectivity index (χ0v) is 6.34. The van der Waals surface area contributed by atoms with Crippen LogP contribution in [0.5, 0.6) is 0 Å². The summed E-state index contributed by atoms with van der Waals surface area (Å²) < 4.78 is 0. The molecule has 0 aromatic rings. The molecule has 62 valence electrons. The Morgan fingerprint density at radius 1 is 1.00 bits per heavy atom. The maximum Gasteiger partial charge on any atom is 0.0762 e. The minimum absolute atomic E-state index is 0.331. The lowest BCUT2D eigenvalue weighted by Gasteiger charge is -2.21. The van der Waals surface area contributed by atoms with E-state index in [0.717, 1.165) is 19.3 Å². The normalized spacial score (nSPS) is 12.0. The molecule has 4 heteroatoms. The monoisotopic (exact) mass is 146 g/mol. The highest BCUT2D eigenvalue weighted by Crippen LogP contribution is 2.02. The minimum atomic E-state index is -0.685. The van der Waals surface area contributed by atoms with Crippen LogP contribution >= 0.6 is 0 Å². The van der Waals surface area contributed by atoms with E-state index in [1.165, 1.54) is 0 Å².